The van der Waals surface area contributed by atoms with Crippen LogP contribution in [0.15, 0.2) is 34.8 Å². The molecule has 1 heterocycles. The minimum atomic E-state index is -0.710. The molecule has 0 aromatic carbocycles. The van der Waals surface area contributed by atoms with Crippen LogP contribution in [0, 0.1) is 35.2 Å². The zero-order chi connectivity index (χ0) is 14.6. The summed E-state index contributed by atoms with van der Waals surface area (Å²) in [5.74, 6) is 0.431. The molecule has 0 aromatic heterocycles. The van der Waals surface area contributed by atoms with E-state index in [4.69, 9.17) is 16.6 Å². The van der Waals surface area contributed by atoms with E-state index in [2.05, 4.69) is 4.85 Å². The van der Waals surface area contributed by atoms with E-state index in [1.807, 2.05) is 45.9 Å². The summed E-state index contributed by atoms with van der Waals surface area (Å²) < 4.78 is 5.64. The number of nitrogens with zero attached hydrogens (tertiary/aromatic N) is 3. The smallest absolute Gasteiger partial charge is 0.304 e. The van der Waals surface area contributed by atoms with Crippen LogP contribution < -0.4 is 0 Å². The summed E-state index contributed by atoms with van der Waals surface area (Å²) >= 11 is 0. The van der Waals surface area contributed by atoms with Gasteiger partial charge in [0.2, 0.25) is 0 Å². The number of rotatable bonds is 2. The molecule has 1 rings (SSSR count). The van der Waals surface area contributed by atoms with Crippen LogP contribution in [-0.4, -0.2) is 5.60 Å². The normalized spacial score (nSPS) is 19.9. The maximum Gasteiger partial charge on any atom is 0.304 e. The van der Waals surface area contributed by atoms with Crippen molar-refractivity contribution in [2.24, 2.45) is 5.92 Å². The Balaban J connectivity index is 3.50. The van der Waals surface area contributed by atoms with Crippen molar-refractivity contribution in [2.45, 2.75) is 33.3 Å². The van der Waals surface area contributed by atoms with Gasteiger partial charge in [-0.15, -0.1) is 0 Å². The minimum absolute atomic E-state index is 0.0911. The molecule has 0 saturated carbocycles. The van der Waals surface area contributed by atoms with Gasteiger partial charge in [0, 0.05) is 5.57 Å². The molecule has 0 saturated heterocycles. The predicted molar refractivity (Wildman–Crippen MR) is 71.0 cm³/mol. The molecule has 0 N–H and O–H groups in total. The van der Waals surface area contributed by atoms with E-state index in [0.29, 0.717) is 11.5 Å². The number of ether oxygens (including phenoxy) is 1. The Hall–Kier alpha value is -2.51. The van der Waals surface area contributed by atoms with Crippen LogP contribution in [0.4, 0.5) is 0 Å². The summed E-state index contributed by atoms with van der Waals surface area (Å²) in [6, 6.07) is 3.82. The number of hydrogen-bond acceptors (Lipinski definition) is 3. The molecular formula is C15H15N3O. The van der Waals surface area contributed by atoms with Crippen LogP contribution in [-0.2, 0) is 4.74 Å². The largest absolute Gasteiger partial charge is 0.492 e. The molecule has 0 spiro atoms. The van der Waals surface area contributed by atoms with E-state index in [9.17, 15) is 5.26 Å². The molecule has 0 aromatic rings. The molecule has 0 fully saturated rings. The van der Waals surface area contributed by atoms with Gasteiger partial charge in [-0.3, -0.25) is 0 Å². The molecule has 1 aliphatic rings. The average Bonchev–Trinajstić information content (AvgIpc) is 2.59. The highest BCUT2D eigenvalue weighted by Gasteiger charge is 2.38. The summed E-state index contributed by atoms with van der Waals surface area (Å²) in [5, 5.41) is 18.2. The maximum absolute atomic E-state index is 9.28. The Labute approximate surface area is 113 Å². The Kier molecular flexibility index (Phi) is 4.15. The standard InChI is InChI=1S/C15H15N3O/c1-10(2)6-7-12-11(8-16)14(13(9-17)18-5)19-15(12,3)4/h6-7,10H,1-4H3/b7-6+,14-13-. The number of nitriles is 2. The summed E-state index contributed by atoms with van der Waals surface area (Å²) in [5.41, 5.74) is 0.0839. The molecule has 0 amide bonds. The fourth-order valence-electron chi connectivity index (χ4n) is 1.76. The third-order valence-electron chi connectivity index (χ3n) is 2.69. The van der Waals surface area contributed by atoms with Crippen LogP contribution in [0.25, 0.3) is 4.85 Å². The highest BCUT2D eigenvalue weighted by Crippen LogP contribution is 2.40. The Morgan fingerprint density at radius 2 is 2.05 bits per heavy atom. The fraction of sp³-hybridized carbons (Fsp3) is 0.400. The summed E-state index contributed by atoms with van der Waals surface area (Å²) in [7, 11) is 0. The summed E-state index contributed by atoms with van der Waals surface area (Å²) in [6.45, 7) is 14.7. The molecule has 0 aliphatic carbocycles. The molecule has 0 bridgehead atoms. The first-order valence-electron chi connectivity index (χ1n) is 5.91. The minimum Gasteiger partial charge on any atom is -0.492 e. The first-order chi connectivity index (χ1) is 8.87. The third kappa shape index (κ3) is 2.84. The lowest BCUT2D eigenvalue weighted by molar-refractivity contribution is 0.0952. The van der Waals surface area contributed by atoms with E-state index in [-0.39, 0.29) is 17.0 Å². The van der Waals surface area contributed by atoms with E-state index < -0.39 is 5.60 Å². The Morgan fingerprint density at radius 3 is 2.47 bits per heavy atom. The van der Waals surface area contributed by atoms with Crippen molar-refractivity contribution >= 4 is 0 Å². The van der Waals surface area contributed by atoms with Crippen molar-refractivity contribution in [1.29, 1.82) is 10.5 Å². The van der Waals surface area contributed by atoms with Crippen LogP contribution in [0.1, 0.15) is 27.7 Å². The Morgan fingerprint density at radius 1 is 1.42 bits per heavy atom. The van der Waals surface area contributed by atoms with Gasteiger partial charge in [0.05, 0.1) is 18.2 Å². The molecule has 0 atom stereocenters. The lowest BCUT2D eigenvalue weighted by Crippen LogP contribution is -2.20. The maximum atomic E-state index is 9.28. The van der Waals surface area contributed by atoms with E-state index >= 15 is 0 Å². The number of hydrogen-bond donors (Lipinski definition) is 0. The van der Waals surface area contributed by atoms with Gasteiger partial charge >= 0.3 is 5.70 Å². The van der Waals surface area contributed by atoms with Gasteiger partial charge < -0.3 is 4.74 Å². The SMILES string of the molecule is [C-]#[N+]/C(C#N)=C1\OC(C)(C)C(/C=C/C(C)C)=C1C#N. The van der Waals surface area contributed by atoms with Gasteiger partial charge in [0.25, 0.3) is 0 Å². The van der Waals surface area contributed by atoms with Gasteiger partial charge in [-0.05, 0) is 19.8 Å². The predicted octanol–water partition coefficient (Wildman–Crippen LogP) is 3.48. The second kappa shape index (κ2) is 5.42. The molecule has 4 heteroatoms. The molecule has 4 nitrogen and oxygen atoms in total. The van der Waals surface area contributed by atoms with Gasteiger partial charge in [-0.25, -0.2) is 10.1 Å². The van der Waals surface area contributed by atoms with Crippen molar-refractivity contribution in [1.82, 2.24) is 0 Å². The molecule has 0 unspecified atom stereocenters. The van der Waals surface area contributed by atoms with Crippen LogP contribution in [0.2, 0.25) is 0 Å². The van der Waals surface area contributed by atoms with Gasteiger partial charge in [-0.2, -0.15) is 5.26 Å². The highest BCUT2D eigenvalue weighted by molar-refractivity contribution is 5.58. The monoisotopic (exact) mass is 253 g/mol. The van der Waals surface area contributed by atoms with Crippen molar-refractivity contribution in [2.75, 3.05) is 0 Å². The second-order valence-electron chi connectivity index (χ2n) is 5.02. The highest BCUT2D eigenvalue weighted by atomic mass is 16.5. The fourth-order valence-corrected chi connectivity index (χ4v) is 1.76. The second-order valence-corrected chi connectivity index (χ2v) is 5.02. The van der Waals surface area contributed by atoms with Crippen molar-refractivity contribution < 1.29 is 4.74 Å². The zero-order valence-corrected chi connectivity index (χ0v) is 11.5. The summed E-state index contributed by atoms with van der Waals surface area (Å²) in [6.07, 6.45) is 3.81. The average molecular weight is 253 g/mol. The quantitative estimate of drug-likeness (QED) is 0.559. The van der Waals surface area contributed by atoms with Crippen LogP contribution in [0.5, 0.6) is 0 Å². The topological polar surface area (TPSA) is 61.2 Å². The summed E-state index contributed by atoms with van der Waals surface area (Å²) in [4.78, 5) is 3.12. The molecule has 96 valence electrons. The van der Waals surface area contributed by atoms with Crippen molar-refractivity contribution in [3.05, 3.63) is 46.2 Å². The van der Waals surface area contributed by atoms with Crippen LogP contribution >= 0.6 is 0 Å². The number of allylic oxidation sites excluding steroid dienone is 3. The van der Waals surface area contributed by atoms with Gasteiger partial charge in [-0.1, -0.05) is 26.0 Å². The molecule has 1 aliphatic heterocycles. The lowest BCUT2D eigenvalue weighted by atomic mass is 9.94. The molecule has 0 radical (unpaired) electrons. The van der Waals surface area contributed by atoms with Gasteiger partial charge in [0.15, 0.2) is 5.76 Å². The van der Waals surface area contributed by atoms with Crippen LogP contribution in [0.3, 0.4) is 0 Å². The molecule has 19 heavy (non-hydrogen) atoms. The lowest BCUT2D eigenvalue weighted by Gasteiger charge is -2.21. The van der Waals surface area contributed by atoms with E-state index in [1.54, 1.807) is 6.07 Å². The van der Waals surface area contributed by atoms with Gasteiger partial charge in [0.1, 0.15) is 11.7 Å². The first kappa shape index (κ1) is 14.6. The zero-order valence-electron chi connectivity index (χ0n) is 11.5. The first-order valence-corrected chi connectivity index (χ1v) is 5.91. The third-order valence-corrected chi connectivity index (χ3v) is 2.69. The van der Waals surface area contributed by atoms with Crippen molar-refractivity contribution in [3.63, 3.8) is 0 Å². The Bertz CT molecular complexity index is 583. The molecular weight excluding hydrogens is 238 g/mol. The van der Waals surface area contributed by atoms with E-state index in [1.165, 1.54) is 0 Å². The van der Waals surface area contributed by atoms with Crippen molar-refractivity contribution in [3.8, 4) is 12.1 Å². The van der Waals surface area contributed by atoms with E-state index in [0.717, 1.165) is 0 Å².